The lowest BCUT2D eigenvalue weighted by molar-refractivity contribution is 0.0532. The van der Waals surface area contributed by atoms with Gasteiger partial charge in [-0.1, -0.05) is 43.4 Å². The van der Waals surface area contributed by atoms with E-state index in [0.717, 1.165) is 36.9 Å². The van der Waals surface area contributed by atoms with Crippen LogP contribution in [0.5, 0.6) is 0 Å². The molecule has 3 rings (SSSR count). The zero-order chi connectivity index (χ0) is 19.2. The van der Waals surface area contributed by atoms with Crippen molar-refractivity contribution in [2.75, 3.05) is 6.61 Å². The number of rotatable bonds is 6. The number of halogens is 1. The number of carbonyl (C=O) groups excluding carboxylic acids is 1. The van der Waals surface area contributed by atoms with Gasteiger partial charge in [0.25, 0.3) is 5.91 Å². The van der Waals surface area contributed by atoms with Gasteiger partial charge in [0.2, 0.25) is 0 Å². The van der Waals surface area contributed by atoms with Crippen molar-refractivity contribution in [2.24, 2.45) is 5.92 Å². The Labute approximate surface area is 164 Å². The lowest BCUT2D eigenvalue weighted by Gasteiger charge is -2.22. The van der Waals surface area contributed by atoms with Crippen LogP contribution in [0.2, 0.25) is 5.02 Å². The first kappa shape index (κ1) is 19.9. The van der Waals surface area contributed by atoms with Gasteiger partial charge in [0, 0.05) is 17.7 Å². The molecule has 27 heavy (non-hydrogen) atoms. The van der Waals surface area contributed by atoms with Crippen LogP contribution in [-0.2, 0) is 6.54 Å². The first-order chi connectivity index (χ1) is 13.1. The number of carbonyl (C=O) groups is 1. The molecule has 6 nitrogen and oxygen atoms in total. The van der Waals surface area contributed by atoms with Gasteiger partial charge in [0.1, 0.15) is 6.23 Å². The second-order valence-corrected chi connectivity index (χ2v) is 7.43. The van der Waals surface area contributed by atoms with Crippen LogP contribution in [0.25, 0.3) is 11.3 Å². The van der Waals surface area contributed by atoms with E-state index in [1.807, 2.05) is 12.1 Å². The highest BCUT2D eigenvalue weighted by Crippen LogP contribution is 2.27. The Kier molecular flexibility index (Phi) is 6.88. The highest BCUT2D eigenvalue weighted by atomic mass is 35.5. The molecule has 1 aliphatic carbocycles. The van der Waals surface area contributed by atoms with E-state index in [1.54, 1.807) is 23.0 Å². The standard InChI is InChI=1S/C20H26ClN3O3/c21-17-8-7-15(18-9-10-22-24(18)11-12-25)13-16(17)20(27)23-19(26)14-5-3-1-2-4-6-14/h7-10,13-14,19,25-26H,1-6,11-12H2,(H,23,27). The van der Waals surface area contributed by atoms with Gasteiger partial charge in [-0.25, -0.2) is 0 Å². The Morgan fingerprint density at radius 1 is 1.26 bits per heavy atom. The average molecular weight is 392 g/mol. The summed E-state index contributed by atoms with van der Waals surface area (Å²) in [5.74, 6) is -0.295. The Bertz CT molecular complexity index is 770. The van der Waals surface area contributed by atoms with Crippen LogP contribution in [0.4, 0.5) is 0 Å². The second kappa shape index (κ2) is 9.35. The fourth-order valence-corrected chi connectivity index (χ4v) is 3.87. The molecule has 1 amide bonds. The number of amides is 1. The minimum atomic E-state index is -0.866. The van der Waals surface area contributed by atoms with Gasteiger partial charge in [0.05, 0.1) is 29.4 Å². The number of hydrogen-bond acceptors (Lipinski definition) is 4. The highest BCUT2D eigenvalue weighted by Gasteiger charge is 2.23. The average Bonchev–Trinajstić information content (AvgIpc) is 2.94. The van der Waals surface area contributed by atoms with E-state index in [9.17, 15) is 9.90 Å². The molecule has 1 aliphatic rings. The third-order valence-corrected chi connectivity index (χ3v) is 5.49. The van der Waals surface area contributed by atoms with Crippen LogP contribution in [0.1, 0.15) is 48.9 Å². The predicted octanol–water partition coefficient (Wildman–Crippen LogP) is 3.21. The fraction of sp³-hybridized carbons (Fsp3) is 0.500. The molecule has 1 aromatic heterocycles. The van der Waals surface area contributed by atoms with Crippen LogP contribution in [0.15, 0.2) is 30.5 Å². The smallest absolute Gasteiger partial charge is 0.254 e. The van der Waals surface area contributed by atoms with Gasteiger partial charge >= 0.3 is 0 Å². The van der Waals surface area contributed by atoms with Crippen LogP contribution < -0.4 is 5.32 Å². The number of aliphatic hydroxyl groups is 2. The summed E-state index contributed by atoms with van der Waals surface area (Å²) in [7, 11) is 0. The van der Waals surface area contributed by atoms with E-state index in [0.29, 0.717) is 17.1 Å². The van der Waals surface area contributed by atoms with E-state index in [4.69, 9.17) is 16.7 Å². The quantitative estimate of drug-likeness (QED) is 0.521. The molecule has 2 aromatic rings. The van der Waals surface area contributed by atoms with Crippen molar-refractivity contribution in [3.63, 3.8) is 0 Å². The lowest BCUT2D eigenvalue weighted by Crippen LogP contribution is -2.40. The molecule has 0 bridgehead atoms. The van der Waals surface area contributed by atoms with Crippen molar-refractivity contribution in [1.29, 1.82) is 0 Å². The SMILES string of the molecule is O=C(NC(O)C1CCCCCC1)c1cc(-c2ccnn2CCO)ccc1Cl. The van der Waals surface area contributed by atoms with Crippen molar-refractivity contribution in [2.45, 2.75) is 51.3 Å². The summed E-state index contributed by atoms with van der Waals surface area (Å²) in [4.78, 5) is 12.7. The third-order valence-electron chi connectivity index (χ3n) is 5.16. The molecule has 3 N–H and O–H groups in total. The minimum absolute atomic E-state index is 0.0246. The maximum Gasteiger partial charge on any atom is 0.254 e. The number of nitrogens with zero attached hydrogens (tertiary/aromatic N) is 2. The van der Waals surface area contributed by atoms with E-state index in [1.165, 1.54) is 12.8 Å². The summed E-state index contributed by atoms with van der Waals surface area (Å²) in [5, 5.41) is 26.9. The molecule has 1 atom stereocenters. The maximum absolute atomic E-state index is 12.7. The summed E-state index contributed by atoms with van der Waals surface area (Å²) in [5.41, 5.74) is 1.89. The van der Waals surface area contributed by atoms with Crippen LogP contribution in [-0.4, -0.2) is 38.7 Å². The monoisotopic (exact) mass is 391 g/mol. The third kappa shape index (κ3) is 4.89. The van der Waals surface area contributed by atoms with Crippen LogP contribution >= 0.6 is 11.6 Å². The number of hydrogen-bond donors (Lipinski definition) is 3. The Balaban J connectivity index is 1.77. The summed E-state index contributed by atoms with van der Waals surface area (Å²) in [6, 6.07) is 7.00. The van der Waals surface area contributed by atoms with Gasteiger partial charge in [-0.2, -0.15) is 5.10 Å². The van der Waals surface area contributed by atoms with Crippen LogP contribution in [0, 0.1) is 5.92 Å². The summed E-state index contributed by atoms with van der Waals surface area (Å²) in [6.45, 7) is 0.343. The number of nitrogens with one attached hydrogen (secondary N) is 1. The van der Waals surface area contributed by atoms with E-state index in [-0.39, 0.29) is 18.4 Å². The highest BCUT2D eigenvalue weighted by molar-refractivity contribution is 6.34. The van der Waals surface area contributed by atoms with E-state index < -0.39 is 6.23 Å². The molecule has 1 saturated carbocycles. The minimum Gasteiger partial charge on any atom is -0.394 e. The van der Waals surface area contributed by atoms with Gasteiger partial charge < -0.3 is 15.5 Å². The summed E-state index contributed by atoms with van der Waals surface area (Å²) in [6.07, 6.45) is 7.18. The van der Waals surface area contributed by atoms with Gasteiger partial charge in [-0.05, 0) is 31.0 Å². The Morgan fingerprint density at radius 2 is 2.00 bits per heavy atom. The Hall–Kier alpha value is -1.89. The zero-order valence-electron chi connectivity index (χ0n) is 15.3. The first-order valence-electron chi connectivity index (χ1n) is 9.51. The topological polar surface area (TPSA) is 87.4 Å². The largest absolute Gasteiger partial charge is 0.394 e. The van der Waals surface area contributed by atoms with Gasteiger partial charge in [-0.15, -0.1) is 0 Å². The first-order valence-corrected chi connectivity index (χ1v) is 9.89. The van der Waals surface area contributed by atoms with Crippen molar-refractivity contribution in [1.82, 2.24) is 15.1 Å². The Morgan fingerprint density at radius 3 is 2.70 bits per heavy atom. The van der Waals surface area contributed by atoms with Crippen molar-refractivity contribution in [3.05, 3.63) is 41.0 Å². The van der Waals surface area contributed by atoms with Gasteiger partial charge in [-0.3, -0.25) is 9.48 Å². The summed E-state index contributed by atoms with van der Waals surface area (Å²) < 4.78 is 1.67. The molecule has 1 aromatic carbocycles. The maximum atomic E-state index is 12.7. The van der Waals surface area contributed by atoms with E-state index >= 15 is 0 Å². The molecule has 146 valence electrons. The molecule has 7 heteroatoms. The molecule has 1 unspecified atom stereocenters. The molecule has 1 heterocycles. The molecule has 1 fully saturated rings. The van der Waals surface area contributed by atoms with Gasteiger partial charge in [0.15, 0.2) is 0 Å². The molecule has 0 radical (unpaired) electrons. The molecular formula is C20H26ClN3O3. The second-order valence-electron chi connectivity index (χ2n) is 7.03. The predicted molar refractivity (Wildman–Crippen MR) is 104 cm³/mol. The zero-order valence-corrected chi connectivity index (χ0v) is 16.0. The normalized spacial score (nSPS) is 16.7. The van der Waals surface area contributed by atoms with Crippen molar-refractivity contribution >= 4 is 17.5 Å². The molecule has 0 spiro atoms. The molecule has 0 aliphatic heterocycles. The summed E-state index contributed by atoms with van der Waals surface area (Å²) >= 11 is 6.24. The lowest BCUT2D eigenvalue weighted by atomic mass is 9.98. The van der Waals surface area contributed by atoms with Crippen molar-refractivity contribution in [3.8, 4) is 11.3 Å². The number of benzene rings is 1. The number of aromatic nitrogens is 2. The van der Waals surface area contributed by atoms with E-state index in [2.05, 4.69) is 10.4 Å². The van der Waals surface area contributed by atoms with Crippen molar-refractivity contribution < 1.29 is 15.0 Å². The molecule has 0 saturated heterocycles. The fourth-order valence-electron chi connectivity index (χ4n) is 3.67. The molecular weight excluding hydrogens is 366 g/mol. The van der Waals surface area contributed by atoms with Crippen LogP contribution in [0.3, 0.4) is 0 Å². The number of aliphatic hydroxyl groups excluding tert-OH is 2.